The zero-order valence-electron chi connectivity index (χ0n) is 12.3. The average Bonchev–Trinajstić information content (AvgIpc) is 2.54. The van der Waals surface area contributed by atoms with Crippen molar-refractivity contribution < 1.29 is 9.53 Å². The van der Waals surface area contributed by atoms with Crippen LogP contribution in [0, 0.1) is 0 Å². The van der Waals surface area contributed by atoms with Gasteiger partial charge in [0.15, 0.2) is 6.61 Å². The molecule has 2 aromatic carbocycles. The van der Waals surface area contributed by atoms with Crippen molar-refractivity contribution in [2.45, 2.75) is 13.3 Å². The molecule has 0 saturated carbocycles. The summed E-state index contributed by atoms with van der Waals surface area (Å²) in [6.45, 7) is 2.02. The molecule has 1 N–H and O–H groups in total. The molecule has 0 bridgehead atoms. The van der Waals surface area contributed by atoms with Crippen LogP contribution >= 0.6 is 15.9 Å². The third-order valence-corrected chi connectivity index (χ3v) is 3.45. The summed E-state index contributed by atoms with van der Waals surface area (Å²) in [5, 5.41) is 3.91. The van der Waals surface area contributed by atoms with Gasteiger partial charge in [-0.25, -0.2) is 5.43 Å². The lowest BCUT2D eigenvalue weighted by molar-refractivity contribution is -0.123. The molecule has 0 heterocycles. The van der Waals surface area contributed by atoms with Crippen LogP contribution in [0.1, 0.15) is 18.1 Å². The van der Waals surface area contributed by atoms with Crippen LogP contribution in [0.15, 0.2) is 58.1 Å². The Labute approximate surface area is 138 Å². The number of carbonyl (C=O) groups is 1. The highest BCUT2D eigenvalue weighted by Gasteiger charge is 2.01. The Hall–Kier alpha value is -2.14. The highest BCUT2D eigenvalue weighted by Crippen LogP contribution is 2.17. The van der Waals surface area contributed by atoms with Gasteiger partial charge in [0.2, 0.25) is 0 Å². The second-order valence-corrected chi connectivity index (χ2v) is 5.55. The highest BCUT2D eigenvalue weighted by atomic mass is 79.9. The molecule has 0 aromatic heterocycles. The highest BCUT2D eigenvalue weighted by molar-refractivity contribution is 9.10. The van der Waals surface area contributed by atoms with E-state index in [0.717, 1.165) is 16.5 Å². The van der Waals surface area contributed by atoms with E-state index in [0.29, 0.717) is 5.75 Å². The molecule has 2 rings (SSSR count). The second kappa shape index (κ2) is 8.34. The minimum atomic E-state index is -0.304. The maximum atomic E-state index is 11.6. The molecule has 1 amide bonds. The molecule has 0 aliphatic carbocycles. The summed E-state index contributed by atoms with van der Waals surface area (Å²) in [7, 11) is 0. The van der Waals surface area contributed by atoms with Crippen LogP contribution in [-0.4, -0.2) is 18.7 Å². The number of hydrazone groups is 1. The third kappa shape index (κ3) is 5.33. The third-order valence-electron chi connectivity index (χ3n) is 2.96. The predicted molar refractivity (Wildman–Crippen MR) is 91.2 cm³/mol. The van der Waals surface area contributed by atoms with Crippen LogP contribution in [0.25, 0.3) is 0 Å². The van der Waals surface area contributed by atoms with Crippen LogP contribution < -0.4 is 10.2 Å². The van der Waals surface area contributed by atoms with Crippen LogP contribution in [-0.2, 0) is 11.2 Å². The number of aryl methyl sites for hydroxylation is 1. The fourth-order valence-corrected chi connectivity index (χ4v) is 2.13. The first-order valence-corrected chi connectivity index (χ1v) is 7.76. The Morgan fingerprint density at radius 3 is 2.73 bits per heavy atom. The summed E-state index contributed by atoms with van der Waals surface area (Å²) in [5.74, 6) is 0.324. The summed E-state index contributed by atoms with van der Waals surface area (Å²) in [4.78, 5) is 11.6. The number of hydrogen-bond donors (Lipinski definition) is 1. The molecule has 114 valence electrons. The van der Waals surface area contributed by atoms with Gasteiger partial charge in [-0.1, -0.05) is 53.2 Å². The predicted octanol–water partition coefficient (Wildman–Crippen LogP) is 3.54. The van der Waals surface area contributed by atoms with Gasteiger partial charge in [0, 0.05) is 4.47 Å². The smallest absolute Gasteiger partial charge is 0.277 e. The standard InChI is InChI=1S/C17H17BrN2O2/c1-2-13-6-8-14(9-7-13)11-19-20-17(21)12-22-16-5-3-4-15(18)10-16/h3-11H,2,12H2,1H3,(H,20,21)/b19-11-. The lowest BCUT2D eigenvalue weighted by atomic mass is 10.1. The second-order valence-electron chi connectivity index (χ2n) is 4.63. The van der Waals surface area contributed by atoms with Crippen molar-refractivity contribution in [2.75, 3.05) is 6.61 Å². The molecule has 0 spiro atoms. The van der Waals surface area contributed by atoms with Crippen LogP contribution in [0.4, 0.5) is 0 Å². The average molecular weight is 361 g/mol. The lowest BCUT2D eigenvalue weighted by Gasteiger charge is -2.05. The molecule has 4 nitrogen and oxygen atoms in total. The summed E-state index contributed by atoms with van der Waals surface area (Å²) in [6, 6.07) is 15.3. The molecular weight excluding hydrogens is 344 g/mol. The molecule has 0 unspecified atom stereocenters. The van der Waals surface area contributed by atoms with Crippen LogP contribution in [0.5, 0.6) is 5.75 Å². The molecule has 0 saturated heterocycles. The van der Waals surface area contributed by atoms with E-state index < -0.39 is 0 Å². The van der Waals surface area contributed by atoms with E-state index in [1.165, 1.54) is 5.56 Å². The lowest BCUT2D eigenvalue weighted by Crippen LogP contribution is -2.24. The molecule has 2 aromatic rings. The number of halogens is 1. The van der Waals surface area contributed by atoms with E-state index in [1.807, 2.05) is 36.4 Å². The van der Waals surface area contributed by atoms with Crippen molar-refractivity contribution in [1.29, 1.82) is 0 Å². The van der Waals surface area contributed by atoms with Gasteiger partial charge in [-0.15, -0.1) is 0 Å². The Bertz CT molecular complexity index is 654. The molecule has 0 aliphatic rings. The number of ether oxygens (including phenoxy) is 1. The molecule has 22 heavy (non-hydrogen) atoms. The minimum absolute atomic E-state index is 0.0808. The monoisotopic (exact) mass is 360 g/mol. The van der Waals surface area contributed by atoms with E-state index in [4.69, 9.17) is 4.74 Å². The number of amides is 1. The zero-order valence-corrected chi connectivity index (χ0v) is 13.8. The quantitative estimate of drug-likeness (QED) is 0.632. The van der Waals surface area contributed by atoms with Gasteiger partial charge in [-0.2, -0.15) is 5.10 Å². The number of carbonyl (C=O) groups excluding carboxylic acids is 1. The van der Waals surface area contributed by atoms with E-state index in [9.17, 15) is 4.79 Å². The topological polar surface area (TPSA) is 50.7 Å². The van der Waals surface area contributed by atoms with Crippen molar-refractivity contribution >= 4 is 28.1 Å². The SMILES string of the molecule is CCc1ccc(/C=N\NC(=O)COc2cccc(Br)c2)cc1. The fraction of sp³-hybridized carbons (Fsp3) is 0.176. The number of nitrogens with zero attached hydrogens (tertiary/aromatic N) is 1. The van der Waals surface area contributed by atoms with Crippen LogP contribution in [0.3, 0.4) is 0 Å². The van der Waals surface area contributed by atoms with Gasteiger partial charge >= 0.3 is 0 Å². The number of rotatable bonds is 6. The largest absolute Gasteiger partial charge is 0.484 e. The van der Waals surface area contributed by atoms with Crippen molar-refractivity contribution in [3.63, 3.8) is 0 Å². The van der Waals surface area contributed by atoms with Gasteiger partial charge in [-0.3, -0.25) is 4.79 Å². The van der Waals surface area contributed by atoms with Gasteiger partial charge in [-0.05, 0) is 35.7 Å². The molecule has 0 radical (unpaired) electrons. The maximum Gasteiger partial charge on any atom is 0.277 e. The number of nitrogens with one attached hydrogen (secondary N) is 1. The Morgan fingerprint density at radius 1 is 1.27 bits per heavy atom. The zero-order chi connectivity index (χ0) is 15.8. The first-order chi connectivity index (χ1) is 10.7. The molecule has 0 atom stereocenters. The van der Waals surface area contributed by atoms with Gasteiger partial charge in [0.05, 0.1) is 6.21 Å². The van der Waals surface area contributed by atoms with Crippen molar-refractivity contribution in [3.05, 3.63) is 64.1 Å². The van der Waals surface area contributed by atoms with E-state index in [-0.39, 0.29) is 12.5 Å². The molecule has 0 fully saturated rings. The number of hydrogen-bond acceptors (Lipinski definition) is 3. The summed E-state index contributed by atoms with van der Waals surface area (Å²) in [6.07, 6.45) is 2.61. The molecule has 5 heteroatoms. The van der Waals surface area contributed by atoms with Gasteiger partial charge in [0.1, 0.15) is 5.75 Å². The summed E-state index contributed by atoms with van der Waals surface area (Å²) < 4.78 is 6.27. The number of benzene rings is 2. The van der Waals surface area contributed by atoms with E-state index >= 15 is 0 Å². The summed E-state index contributed by atoms with van der Waals surface area (Å²) >= 11 is 3.34. The maximum absolute atomic E-state index is 11.6. The normalized spacial score (nSPS) is 10.6. The van der Waals surface area contributed by atoms with Gasteiger partial charge in [0.25, 0.3) is 5.91 Å². The molecular formula is C17H17BrN2O2. The van der Waals surface area contributed by atoms with Crippen molar-refractivity contribution in [1.82, 2.24) is 5.43 Å². The Morgan fingerprint density at radius 2 is 2.05 bits per heavy atom. The van der Waals surface area contributed by atoms with E-state index in [2.05, 4.69) is 33.4 Å². The summed E-state index contributed by atoms with van der Waals surface area (Å²) in [5.41, 5.74) is 4.64. The Kier molecular flexibility index (Phi) is 6.15. The Balaban J connectivity index is 1.78. The fourth-order valence-electron chi connectivity index (χ4n) is 1.76. The van der Waals surface area contributed by atoms with Crippen LogP contribution in [0.2, 0.25) is 0 Å². The minimum Gasteiger partial charge on any atom is -0.484 e. The molecule has 0 aliphatic heterocycles. The van der Waals surface area contributed by atoms with Crippen molar-refractivity contribution in [2.24, 2.45) is 5.10 Å². The first-order valence-electron chi connectivity index (χ1n) is 6.96. The first kappa shape index (κ1) is 16.2. The van der Waals surface area contributed by atoms with Crippen molar-refractivity contribution in [3.8, 4) is 5.75 Å². The van der Waals surface area contributed by atoms with Gasteiger partial charge < -0.3 is 4.74 Å². The van der Waals surface area contributed by atoms with E-state index in [1.54, 1.807) is 18.3 Å².